The van der Waals surface area contributed by atoms with Gasteiger partial charge in [-0.2, -0.15) is 4.98 Å². The van der Waals surface area contributed by atoms with E-state index in [-0.39, 0.29) is 11.6 Å². The molecule has 0 saturated heterocycles. The summed E-state index contributed by atoms with van der Waals surface area (Å²) in [5, 5.41) is 4.10. The van der Waals surface area contributed by atoms with Crippen LogP contribution in [0.4, 0.5) is 0 Å². The molecule has 2 N–H and O–H groups in total. The van der Waals surface area contributed by atoms with Gasteiger partial charge in [-0.15, -0.1) is 0 Å². The maximum absolute atomic E-state index is 6.00. The van der Waals surface area contributed by atoms with Crippen molar-refractivity contribution in [1.82, 2.24) is 10.1 Å². The maximum atomic E-state index is 6.00. The molecule has 0 aliphatic heterocycles. The first kappa shape index (κ1) is 13.5. The topological polar surface area (TPSA) is 74.2 Å². The van der Waals surface area contributed by atoms with Gasteiger partial charge < -0.3 is 15.0 Å². The highest BCUT2D eigenvalue weighted by Crippen LogP contribution is 2.38. The molecule has 5 nitrogen and oxygen atoms in total. The van der Waals surface area contributed by atoms with E-state index >= 15 is 0 Å². The Morgan fingerprint density at radius 3 is 2.50 bits per heavy atom. The standard InChI is InChI=1S/C13H23N3O2/c1-3-17-13(8-6-4-5-7-9-13)12-15-11(10(2)14)18-16-12/h10H,3-9,14H2,1-2H3/t10-/m1/s1. The highest BCUT2D eigenvalue weighted by atomic mass is 16.5. The molecular formula is C13H23N3O2. The first-order valence-electron chi connectivity index (χ1n) is 6.91. The molecule has 1 aromatic heterocycles. The van der Waals surface area contributed by atoms with Gasteiger partial charge in [0.15, 0.2) is 0 Å². The molecular weight excluding hydrogens is 230 g/mol. The Bertz CT molecular complexity index is 368. The molecule has 0 radical (unpaired) electrons. The van der Waals surface area contributed by atoms with Crippen LogP contribution in [0.1, 0.15) is 70.1 Å². The van der Waals surface area contributed by atoms with Crippen LogP contribution in [0.3, 0.4) is 0 Å². The first-order chi connectivity index (χ1) is 8.68. The summed E-state index contributed by atoms with van der Waals surface area (Å²) in [6.07, 6.45) is 6.77. The van der Waals surface area contributed by atoms with E-state index in [1.54, 1.807) is 0 Å². The highest BCUT2D eigenvalue weighted by Gasteiger charge is 2.38. The molecule has 1 aromatic rings. The van der Waals surface area contributed by atoms with Crippen molar-refractivity contribution in [1.29, 1.82) is 0 Å². The summed E-state index contributed by atoms with van der Waals surface area (Å²) < 4.78 is 11.2. The summed E-state index contributed by atoms with van der Waals surface area (Å²) in [6.45, 7) is 4.53. The van der Waals surface area contributed by atoms with Gasteiger partial charge in [-0.05, 0) is 26.7 Å². The minimum absolute atomic E-state index is 0.226. The van der Waals surface area contributed by atoms with Crippen molar-refractivity contribution in [3.05, 3.63) is 11.7 Å². The van der Waals surface area contributed by atoms with Crippen LogP contribution >= 0.6 is 0 Å². The van der Waals surface area contributed by atoms with Gasteiger partial charge in [0, 0.05) is 6.61 Å². The minimum atomic E-state index is -0.359. The van der Waals surface area contributed by atoms with Crippen molar-refractivity contribution < 1.29 is 9.26 Å². The molecule has 1 aliphatic carbocycles. The van der Waals surface area contributed by atoms with E-state index in [0.29, 0.717) is 18.3 Å². The Labute approximate surface area is 108 Å². The van der Waals surface area contributed by atoms with Crippen molar-refractivity contribution >= 4 is 0 Å². The summed E-state index contributed by atoms with van der Waals surface area (Å²) in [5.74, 6) is 1.17. The summed E-state index contributed by atoms with van der Waals surface area (Å²) in [4.78, 5) is 4.44. The van der Waals surface area contributed by atoms with Gasteiger partial charge >= 0.3 is 0 Å². The predicted octanol–water partition coefficient (Wildman–Crippen LogP) is 2.68. The van der Waals surface area contributed by atoms with Crippen LogP contribution in [-0.4, -0.2) is 16.7 Å². The fourth-order valence-electron chi connectivity index (χ4n) is 2.61. The second-order valence-electron chi connectivity index (χ2n) is 5.09. The van der Waals surface area contributed by atoms with Crippen molar-refractivity contribution in [2.45, 2.75) is 64.0 Å². The van der Waals surface area contributed by atoms with Crippen LogP contribution in [0.15, 0.2) is 4.52 Å². The molecule has 5 heteroatoms. The van der Waals surface area contributed by atoms with Gasteiger partial charge in [0.25, 0.3) is 0 Å². The van der Waals surface area contributed by atoms with Crippen LogP contribution in [0.25, 0.3) is 0 Å². The monoisotopic (exact) mass is 253 g/mol. The lowest BCUT2D eigenvalue weighted by Crippen LogP contribution is -2.31. The van der Waals surface area contributed by atoms with E-state index in [2.05, 4.69) is 10.1 Å². The van der Waals surface area contributed by atoms with Crippen molar-refractivity contribution in [3.63, 3.8) is 0 Å². The molecule has 102 valence electrons. The third-order valence-corrected chi connectivity index (χ3v) is 3.57. The van der Waals surface area contributed by atoms with E-state index in [1.165, 1.54) is 12.8 Å². The van der Waals surface area contributed by atoms with Crippen LogP contribution < -0.4 is 5.73 Å². The van der Waals surface area contributed by atoms with Gasteiger partial charge in [0.1, 0.15) is 5.60 Å². The Morgan fingerprint density at radius 1 is 1.33 bits per heavy atom. The van der Waals surface area contributed by atoms with Crippen LogP contribution in [-0.2, 0) is 10.3 Å². The normalized spacial score (nSPS) is 21.5. The molecule has 0 unspecified atom stereocenters. The molecule has 1 heterocycles. The lowest BCUT2D eigenvalue weighted by atomic mass is 9.93. The molecule has 2 rings (SSSR count). The van der Waals surface area contributed by atoms with Crippen molar-refractivity contribution in [2.24, 2.45) is 5.73 Å². The zero-order valence-electron chi connectivity index (χ0n) is 11.3. The average molecular weight is 253 g/mol. The molecule has 0 aromatic carbocycles. The van der Waals surface area contributed by atoms with Gasteiger partial charge in [-0.1, -0.05) is 30.8 Å². The van der Waals surface area contributed by atoms with E-state index in [4.69, 9.17) is 15.0 Å². The molecule has 1 atom stereocenters. The molecule has 0 bridgehead atoms. The first-order valence-corrected chi connectivity index (χ1v) is 6.91. The second kappa shape index (κ2) is 5.80. The van der Waals surface area contributed by atoms with Gasteiger partial charge in [0.05, 0.1) is 6.04 Å². The number of nitrogens with zero attached hydrogens (tertiary/aromatic N) is 2. The fraction of sp³-hybridized carbons (Fsp3) is 0.846. The lowest BCUT2D eigenvalue weighted by molar-refractivity contribution is -0.0636. The number of hydrogen-bond acceptors (Lipinski definition) is 5. The summed E-state index contributed by atoms with van der Waals surface area (Å²) in [5.41, 5.74) is 5.41. The number of aromatic nitrogens is 2. The number of hydrogen-bond donors (Lipinski definition) is 1. The van der Waals surface area contributed by atoms with Crippen molar-refractivity contribution in [2.75, 3.05) is 6.61 Å². The second-order valence-corrected chi connectivity index (χ2v) is 5.09. The Kier molecular flexibility index (Phi) is 4.35. The average Bonchev–Trinajstić information content (AvgIpc) is 2.73. The van der Waals surface area contributed by atoms with Crippen molar-refractivity contribution in [3.8, 4) is 0 Å². The predicted molar refractivity (Wildman–Crippen MR) is 67.9 cm³/mol. The van der Waals surface area contributed by atoms with E-state index < -0.39 is 0 Å². The minimum Gasteiger partial charge on any atom is -0.367 e. The Hall–Kier alpha value is -0.940. The Balaban J connectivity index is 2.26. The number of ether oxygens (including phenoxy) is 1. The molecule has 0 amide bonds. The smallest absolute Gasteiger partial charge is 0.243 e. The quantitative estimate of drug-likeness (QED) is 0.835. The van der Waals surface area contributed by atoms with Gasteiger partial charge in [0.2, 0.25) is 11.7 Å². The zero-order valence-corrected chi connectivity index (χ0v) is 11.3. The summed E-state index contributed by atoms with van der Waals surface area (Å²) >= 11 is 0. The molecule has 1 aliphatic rings. The van der Waals surface area contributed by atoms with Crippen LogP contribution in [0.2, 0.25) is 0 Å². The summed E-state index contributed by atoms with van der Waals surface area (Å²) in [7, 11) is 0. The number of nitrogens with two attached hydrogens (primary N) is 1. The van der Waals surface area contributed by atoms with Crippen LogP contribution in [0.5, 0.6) is 0 Å². The molecule has 18 heavy (non-hydrogen) atoms. The van der Waals surface area contributed by atoms with E-state index in [9.17, 15) is 0 Å². The van der Waals surface area contributed by atoms with Gasteiger partial charge in [-0.3, -0.25) is 0 Å². The Morgan fingerprint density at radius 2 is 2.00 bits per heavy atom. The van der Waals surface area contributed by atoms with E-state index in [1.807, 2.05) is 13.8 Å². The van der Waals surface area contributed by atoms with E-state index in [0.717, 1.165) is 25.7 Å². The van der Waals surface area contributed by atoms with Gasteiger partial charge in [-0.25, -0.2) is 0 Å². The SMILES string of the molecule is CCOC1(c2noc([C@@H](C)N)n2)CCCCCC1. The highest BCUT2D eigenvalue weighted by molar-refractivity contribution is 5.04. The third-order valence-electron chi connectivity index (χ3n) is 3.57. The maximum Gasteiger partial charge on any atom is 0.243 e. The molecule has 0 spiro atoms. The fourth-order valence-corrected chi connectivity index (χ4v) is 2.61. The summed E-state index contributed by atoms with van der Waals surface area (Å²) in [6, 6.07) is -0.226. The molecule has 1 fully saturated rings. The lowest BCUT2D eigenvalue weighted by Gasteiger charge is -2.29. The largest absolute Gasteiger partial charge is 0.367 e. The third kappa shape index (κ3) is 2.72. The zero-order chi connectivity index (χ0) is 13.0. The molecule has 1 saturated carbocycles. The van der Waals surface area contributed by atoms with Crippen LogP contribution in [0, 0.1) is 0 Å². The number of rotatable bonds is 4.